The van der Waals surface area contributed by atoms with Crippen molar-refractivity contribution in [3.8, 4) is 0 Å². The molecule has 0 aliphatic heterocycles. The molecule has 0 saturated carbocycles. The minimum atomic E-state index is -0.894. The van der Waals surface area contributed by atoms with Gasteiger partial charge in [0.2, 0.25) is 5.78 Å². The molecule has 4 heteroatoms. The third kappa shape index (κ3) is 7.40. The first-order valence-corrected chi connectivity index (χ1v) is 7.39. The number of rotatable bonds is 10. The molecule has 0 aliphatic carbocycles. The molecule has 114 valence electrons. The Hall–Kier alpha value is -1.97. The minimum Gasteiger partial charge on any atom is -0.460 e. The molecule has 0 amide bonds. The highest BCUT2D eigenvalue weighted by atomic mass is 16.5. The SMILES string of the molecule is CCCOC(=O)C(=O)CC(=O)CCCCc1ccccc1. The summed E-state index contributed by atoms with van der Waals surface area (Å²) in [5, 5.41) is 0. The number of unbranched alkanes of at least 4 members (excludes halogenated alkanes) is 1. The standard InChI is InChI=1S/C17H22O4/c1-2-12-21-17(20)16(19)13-15(18)11-7-6-10-14-8-4-3-5-9-14/h3-5,8-9H,2,6-7,10-13H2,1H3. The predicted molar refractivity (Wildman–Crippen MR) is 79.9 cm³/mol. The largest absolute Gasteiger partial charge is 0.460 e. The lowest BCUT2D eigenvalue weighted by Crippen LogP contribution is -2.20. The number of ether oxygens (including phenoxy) is 1. The Bertz CT molecular complexity index is 465. The maximum atomic E-state index is 11.6. The van der Waals surface area contributed by atoms with Gasteiger partial charge < -0.3 is 4.74 Å². The maximum Gasteiger partial charge on any atom is 0.375 e. The number of Topliss-reactive ketones (excluding diaryl/α,β-unsaturated/α-hetero) is 2. The average molecular weight is 290 g/mol. The summed E-state index contributed by atoms with van der Waals surface area (Å²) in [5.41, 5.74) is 1.24. The first-order chi connectivity index (χ1) is 10.1. The lowest BCUT2D eigenvalue weighted by molar-refractivity contribution is -0.154. The Morgan fingerprint density at radius 3 is 2.43 bits per heavy atom. The highest BCUT2D eigenvalue weighted by molar-refractivity contribution is 6.37. The van der Waals surface area contributed by atoms with E-state index in [2.05, 4.69) is 12.1 Å². The van der Waals surface area contributed by atoms with Crippen molar-refractivity contribution in [1.29, 1.82) is 0 Å². The summed E-state index contributed by atoms with van der Waals surface area (Å²) in [6.07, 6.45) is 3.19. The summed E-state index contributed by atoms with van der Waals surface area (Å²) in [4.78, 5) is 34.3. The second-order valence-corrected chi connectivity index (χ2v) is 4.97. The Morgan fingerprint density at radius 1 is 1.05 bits per heavy atom. The predicted octanol–water partition coefficient (Wildman–Crippen LogP) is 2.88. The van der Waals surface area contributed by atoms with E-state index in [1.54, 1.807) is 0 Å². The van der Waals surface area contributed by atoms with Crippen LogP contribution in [0.25, 0.3) is 0 Å². The van der Waals surface area contributed by atoms with Gasteiger partial charge in [-0.2, -0.15) is 0 Å². The Morgan fingerprint density at radius 2 is 1.76 bits per heavy atom. The molecule has 0 unspecified atom stereocenters. The van der Waals surface area contributed by atoms with Crippen LogP contribution in [0.4, 0.5) is 0 Å². The van der Waals surface area contributed by atoms with Gasteiger partial charge in [-0.15, -0.1) is 0 Å². The van der Waals surface area contributed by atoms with Crippen molar-refractivity contribution in [2.45, 2.75) is 45.4 Å². The van der Waals surface area contributed by atoms with Gasteiger partial charge in [0.1, 0.15) is 5.78 Å². The highest BCUT2D eigenvalue weighted by Gasteiger charge is 2.18. The van der Waals surface area contributed by atoms with Gasteiger partial charge in [-0.25, -0.2) is 4.79 Å². The van der Waals surface area contributed by atoms with Crippen LogP contribution in [0.1, 0.15) is 44.6 Å². The second kappa shape index (κ2) is 9.86. The van der Waals surface area contributed by atoms with Gasteiger partial charge in [0.25, 0.3) is 0 Å². The van der Waals surface area contributed by atoms with Gasteiger partial charge in [0.15, 0.2) is 0 Å². The van der Waals surface area contributed by atoms with Crippen LogP contribution in [0.5, 0.6) is 0 Å². The lowest BCUT2D eigenvalue weighted by Gasteiger charge is -2.03. The van der Waals surface area contributed by atoms with Gasteiger partial charge >= 0.3 is 5.97 Å². The van der Waals surface area contributed by atoms with Gasteiger partial charge in [0, 0.05) is 6.42 Å². The number of hydrogen-bond acceptors (Lipinski definition) is 4. The fraction of sp³-hybridized carbons (Fsp3) is 0.471. The van der Waals surface area contributed by atoms with Crippen LogP contribution >= 0.6 is 0 Å². The average Bonchev–Trinajstić information content (AvgIpc) is 2.50. The van der Waals surface area contributed by atoms with Gasteiger partial charge in [0.05, 0.1) is 13.0 Å². The summed E-state index contributed by atoms with van der Waals surface area (Å²) < 4.78 is 4.70. The van der Waals surface area contributed by atoms with E-state index in [1.165, 1.54) is 5.56 Å². The van der Waals surface area contributed by atoms with Crippen LogP contribution in [0.3, 0.4) is 0 Å². The van der Waals surface area contributed by atoms with Gasteiger partial charge in [-0.1, -0.05) is 37.3 Å². The molecule has 0 aliphatic rings. The number of benzene rings is 1. The zero-order valence-corrected chi connectivity index (χ0v) is 12.5. The summed E-state index contributed by atoms with van der Waals surface area (Å²) in [5.74, 6) is -1.83. The quantitative estimate of drug-likeness (QED) is 0.288. The Kier molecular flexibility index (Phi) is 8.02. The number of carbonyl (C=O) groups excluding carboxylic acids is 3. The van der Waals surface area contributed by atoms with E-state index in [4.69, 9.17) is 4.74 Å². The fourth-order valence-electron chi connectivity index (χ4n) is 1.91. The number of aryl methyl sites for hydroxylation is 1. The van der Waals surface area contributed by atoms with E-state index in [9.17, 15) is 14.4 Å². The van der Waals surface area contributed by atoms with Gasteiger partial charge in [-0.3, -0.25) is 9.59 Å². The van der Waals surface area contributed by atoms with Crippen LogP contribution in [-0.4, -0.2) is 24.1 Å². The Labute approximate surface area is 125 Å². The molecular weight excluding hydrogens is 268 g/mol. The van der Waals surface area contributed by atoms with Gasteiger partial charge in [-0.05, 0) is 31.2 Å². The van der Waals surface area contributed by atoms with Crippen LogP contribution in [0.2, 0.25) is 0 Å². The molecule has 1 rings (SSSR count). The fourth-order valence-corrected chi connectivity index (χ4v) is 1.91. The molecule has 0 atom stereocenters. The summed E-state index contributed by atoms with van der Waals surface area (Å²) >= 11 is 0. The normalized spacial score (nSPS) is 10.1. The third-order valence-electron chi connectivity index (χ3n) is 3.04. The van der Waals surface area contributed by atoms with E-state index in [1.807, 2.05) is 25.1 Å². The summed E-state index contributed by atoms with van der Waals surface area (Å²) in [6.45, 7) is 2.06. The number of ketones is 2. The summed E-state index contributed by atoms with van der Waals surface area (Å²) in [6, 6.07) is 10.0. The van der Waals surface area contributed by atoms with Crippen LogP contribution < -0.4 is 0 Å². The van der Waals surface area contributed by atoms with Crippen LogP contribution in [0.15, 0.2) is 30.3 Å². The molecule has 0 aromatic heterocycles. The zero-order valence-electron chi connectivity index (χ0n) is 12.5. The molecule has 0 fully saturated rings. The van der Waals surface area contributed by atoms with E-state index >= 15 is 0 Å². The smallest absolute Gasteiger partial charge is 0.375 e. The number of hydrogen-bond donors (Lipinski definition) is 0. The zero-order chi connectivity index (χ0) is 15.5. The monoisotopic (exact) mass is 290 g/mol. The molecule has 0 spiro atoms. The Balaban J connectivity index is 2.16. The van der Waals surface area contributed by atoms with Crippen molar-refractivity contribution in [2.24, 2.45) is 0 Å². The molecule has 0 heterocycles. The van der Waals surface area contributed by atoms with Crippen molar-refractivity contribution in [1.82, 2.24) is 0 Å². The first kappa shape index (κ1) is 17.1. The topological polar surface area (TPSA) is 60.4 Å². The molecule has 0 saturated heterocycles. The first-order valence-electron chi connectivity index (χ1n) is 7.39. The molecule has 1 aromatic rings. The van der Waals surface area contributed by atoms with Crippen LogP contribution in [-0.2, 0) is 25.5 Å². The maximum absolute atomic E-state index is 11.6. The van der Waals surface area contributed by atoms with Crippen LogP contribution in [0, 0.1) is 0 Å². The molecule has 1 aromatic carbocycles. The second-order valence-electron chi connectivity index (χ2n) is 4.97. The van der Waals surface area contributed by atoms with E-state index in [0.717, 1.165) is 19.3 Å². The van der Waals surface area contributed by atoms with Crippen molar-refractivity contribution >= 4 is 17.5 Å². The minimum absolute atomic E-state index is 0.193. The molecule has 0 radical (unpaired) electrons. The third-order valence-corrected chi connectivity index (χ3v) is 3.04. The van der Waals surface area contributed by atoms with E-state index in [0.29, 0.717) is 12.8 Å². The van der Waals surface area contributed by atoms with Crippen molar-refractivity contribution in [2.75, 3.05) is 6.61 Å². The van der Waals surface area contributed by atoms with Crippen molar-refractivity contribution in [3.05, 3.63) is 35.9 Å². The molecule has 4 nitrogen and oxygen atoms in total. The van der Waals surface area contributed by atoms with Crippen molar-refractivity contribution in [3.63, 3.8) is 0 Å². The molecule has 0 bridgehead atoms. The molecular formula is C17H22O4. The highest BCUT2D eigenvalue weighted by Crippen LogP contribution is 2.07. The molecule has 0 N–H and O–H groups in total. The van der Waals surface area contributed by atoms with E-state index in [-0.39, 0.29) is 18.8 Å². The van der Waals surface area contributed by atoms with E-state index < -0.39 is 11.8 Å². The summed E-state index contributed by atoms with van der Waals surface area (Å²) in [7, 11) is 0. The number of carbonyl (C=O) groups is 3. The lowest BCUT2D eigenvalue weighted by atomic mass is 10.0. The van der Waals surface area contributed by atoms with Crippen molar-refractivity contribution < 1.29 is 19.1 Å². The number of esters is 1. The molecule has 21 heavy (non-hydrogen) atoms.